The van der Waals surface area contributed by atoms with E-state index in [-0.39, 0.29) is 12.1 Å². The molecule has 0 saturated carbocycles. The molecular weight excluding hydrogens is 226 g/mol. The SMILES string of the molecule is C[C@@H]1CCN([C@@H](C)c2ccccc2)[C@@H](C(=O)O)C1. The molecule has 98 valence electrons. The molecule has 0 amide bonds. The number of rotatable bonds is 3. The smallest absolute Gasteiger partial charge is 0.320 e. The van der Waals surface area contributed by atoms with Gasteiger partial charge in [0, 0.05) is 6.04 Å². The zero-order valence-electron chi connectivity index (χ0n) is 11.0. The van der Waals surface area contributed by atoms with Crippen molar-refractivity contribution >= 4 is 5.97 Å². The van der Waals surface area contributed by atoms with Crippen LogP contribution in [-0.2, 0) is 4.79 Å². The van der Waals surface area contributed by atoms with Crippen molar-refractivity contribution in [1.82, 2.24) is 4.90 Å². The number of carbonyl (C=O) groups is 1. The van der Waals surface area contributed by atoms with Gasteiger partial charge in [-0.25, -0.2) is 0 Å². The van der Waals surface area contributed by atoms with Crippen LogP contribution in [0, 0.1) is 5.92 Å². The van der Waals surface area contributed by atoms with E-state index in [1.807, 2.05) is 18.2 Å². The molecule has 1 aliphatic rings. The zero-order valence-corrected chi connectivity index (χ0v) is 11.0. The predicted molar refractivity (Wildman–Crippen MR) is 71.4 cm³/mol. The first-order valence-corrected chi connectivity index (χ1v) is 6.63. The van der Waals surface area contributed by atoms with Crippen LogP contribution in [0.15, 0.2) is 30.3 Å². The van der Waals surface area contributed by atoms with Gasteiger partial charge in [0.2, 0.25) is 0 Å². The van der Waals surface area contributed by atoms with Crippen molar-refractivity contribution in [2.75, 3.05) is 6.54 Å². The minimum absolute atomic E-state index is 0.166. The fourth-order valence-electron chi connectivity index (χ4n) is 2.79. The minimum Gasteiger partial charge on any atom is -0.480 e. The van der Waals surface area contributed by atoms with Gasteiger partial charge < -0.3 is 5.11 Å². The molecule has 0 unspecified atom stereocenters. The molecule has 1 aromatic rings. The summed E-state index contributed by atoms with van der Waals surface area (Å²) in [7, 11) is 0. The first-order valence-electron chi connectivity index (χ1n) is 6.63. The zero-order chi connectivity index (χ0) is 13.1. The highest BCUT2D eigenvalue weighted by Crippen LogP contribution is 2.30. The highest BCUT2D eigenvalue weighted by atomic mass is 16.4. The van der Waals surface area contributed by atoms with Crippen molar-refractivity contribution in [3.8, 4) is 0 Å². The highest BCUT2D eigenvalue weighted by molar-refractivity contribution is 5.73. The number of nitrogens with zero attached hydrogens (tertiary/aromatic N) is 1. The summed E-state index contributed by atoms with van der Waals surface area (Å²) in [4.78, 5) is 13.5. The Labute approximate surface area is 108 Å². The number of hydrogen-bond donors (Lipinski definition) is 1. The van der Waals surface area contributed by atoms with Crippen LogP contribution in [0.4, 0.5) is 0 Å². The average Bonchev–Trinajstić information content (AvgIpc) is 2.39. The van der Waals surface area contributed by atoms with Gasteiger partial charge in [0.1, 0.15) is 6.04 Å². The molecule has 0 aromatic heterocycles. The number of aliphatic carboxylic acids is 1. The van der Waals surface area contributed by atoms with Gasteiger partial charge in [-0.15, -0.1) is 0 Å². The summed E-state index contributed by atoms with van der Waals surface area (Å²) in [5, 5.41) is 9.38. The average molecular weight is 247 g/mol. The monoisotopic (exact) mass is 247 g/mol. The Bertz CT molecular complexity index is 404. The second-order valence-corrected chi connectivity index (χ2v) is 5.31. The number of carboxylic acid groups (broad SMARTS) is 1. The normalized spacial score (nSPS) is 26.8. The third-order valence-corrected chi connectivity index (χ3v) is 3.97. The van der Waals surface area contributed by atoms with E-state index in [1.165, 1.54) is 5.56 Å². The van der Waals surface area contributed by atoms with Crippen molar-refractivity contribution < 1.29 is 9.90 Å². The molecule has 0 aliphatic carbocycles. The molecule has 1 fully saturated rings. The van der Waals surface area contributed by atoms with Crippen LogP contribution in [0.2, 0.25) is 0 Å². The van der Waals surface area contributed by atoms with E-state index in [1.54, 1.807) is 0 Å². The van der Waals surface area contributed by atoms with Gasteiger partial charge in [0.25, 0.3) is 0 Å². The van der Waals surface area contributed by atoms with Crippen molar-refractivity contribution in [1.29, 1.82) is 0 Å². The molecule has 3 heteroatoms. The second kappa shape index (κ2) is 5.53. The van der Waals surface area contributed by atoms with Crippen LogP contribution in [0.1, 0.15) is 38.3 Å². The van der Waals surface area contributed by atoms with Gasteiger partial charge in [-0.2, -0.15) is 0 Å². The van der Waals surface area contributed by atoms with Crippen LogP contribution in [0.3, 0.4) is 0 Å². The quantitative estimate of drug-likeness (QED) is 0.892. The Morgan fingerprint density at radius 3 is 2.67 bits per heavy atom. The lowest BCUT2D eigenvalue weighted by Gasteiger charge is -2.40. The van der Waals surface area contributed by atoms with Crippen molar-refractivity contribution in [2.45, 2.75) is 38.8 Å². The van der Waals surface area contributed by atoms with Crippen LogP contribution in [-0.4, -0.2) is 28.6 Å². The summed E-state index contributed by atoms with van der Waals surface area (Å²) in [6.07, 6.45) is 1.84. The molecule has 1 aliphatic heterocycles. The molecule has 3 atom stereocenters. The van der Waals surface area contributed by atoms with E-state index in [9.17, 15) is 9.90 Å². The minimum atomic E-state index is -0.690. The summed E-state index contributed by atoms with van der Waals surface area (Å²) in [5.41, 5.74) is 1.19. The van der Waals surface area contributed by atoms with E-state index in [0.29, 0.717) is 5.92 Å². The molecule has 1 heterocycles. The Hall–Kier alpha value is -1.35. The molecule has 18 heavy (non-hydrogen) atoms. The number of likely N-dealkylation sites (tertiary alicyclic amines) is 1. The highest BCUT2D eigenvalue weighted by Gasteiger charge is 2.34. The Balaban J connectivity index is 2.17. The van der Waals surface area contributed by atoms with Crippen molar-refractivity contribution in [2.24, 2.45) is 5.92 Å². The number of benzene rings is 1. The van der Waals surface area contributed by atoms with Gasteiger partial charge in [-0.05, 0) is 37.8 Å². The fraction of sp³-hybridized carbons (Fsp3) is 0.533. The van der Waals surface area contributed by atoms with Crippen LogP contribution < -0.4 is 0 Å². The Morgan fingerprint density at radius 1 is 1.39 bits per heavy atom. The standard InChI is InChI=1S/C15H21NO2/c1-11-8-9-16(14(10-11)15(17)18)12(2)13-6-4-3-5-7-13/h3-7,11-12,14H,8-10H2,1-2H3,(H,17,18)/t11-,12+,14-/m1/s1. The van der Waals surface area contributed by atoms with Gasteiger partial charge >= 0.3 is 5.97 Å². The molecule has 3 nitrogen and oxygen atoms in total. The molecule has 0 radical (unpaired) electrons. The topological polar surface area (TPSA) is 40.5 Å². The van der Waals surface area contributed by atoms with E-state index in [4.69, 9.17) is 0 Å². The van der Waals surface area contributed by atoms with Gasteiger partial charge in [0.05, 0.1) is 0 Å². The molecule has 1 saturated heterocycles. The van der Waals surface area contributed by atoms with Gasteiger partial charge in [-0.3, -0.25) is 9.69 Å². The molecule has 0 spiro atoms. The summed E-state index contributed by atoms with van der Waals surface area (Å²) < 4.78 is 0. The van der Waals surface area contributed by atoms with Crippen LogP contribution >= 0.6 is 0 Å². The summed E-state index contributed by atoms with van der Waals surface area (Å²) in [5.74, 6) is -0.186. The fourth-order valence-corrected chi connectivity index (χ4v) is 2.79. The number of hydrogen-bond acceptors (Lipinski definition) is 2. The maximum absolute atomic E-state index is 11.4. The summed E-state index contributed by atoms with van der Waals surface area (Å²) in [6.45, 7) is 5.11. The van der Waals surface area contributed by atoms with E-state index in [0.717, 1.165) is 19.4 Å². The molecule has 0 bridgehead atoms. The first kappa shape index (κ1) is 13.1. The van der Waals surface area contributed by atoms with E-state index in [2.05, 4.69) is 30.9 Å². The third kappa shape index (κ3) is 2.72. The van der Waals surface area contributed by atoms with Crippen LogP contribution in [0.5, 0.6) is 0 Å². The number of carboxylic acids is 1. The lowest BCUT2D eigenvalue weighted by Crippen LogP contribution is -2.47. The second-order valence-electron chi connectivity index (χ2n) is 5.31. The number of piperidine rings is 1. The maximum Gasteiger partial charge on any atom is 0.320 e. The van der Waals surface area contributed by atoms with Crippen molar-refractivity contribution in [3.05, 3.63) is 35.9 Å². The largest absolute Gasteiger partial charge is 0.480 e. The van der Waals surface area contributed by atoms with Crippen molar-refractivity contribution in [3.63, 3.8) is 0 Å². The third-order valence-electron chi connectivity index (χ3n) is 3.97. The van der Waals surface area contributed by atoms with Gasteiger partial charge in [0.15, 0.2) is 0 Å². The van der Waals surface area contributed by atoms with E-state index < -0.39 is 5.97 Å². The Kier molecular flexibility index (Phi) is 4.02. The predicted octanol–water partition coefficient (Wildman–Crippen LogP) is 2.93. The summed E-state index contributed by atoms with van der Waals surface area (Å²) >= 11 is 0. The van der Waals surface area contributed by atoms with E-state index >= 15 is 0 Å². The van der Waals surface area contributed by atoms with Gasteiger partial charge in [-0.1, -0.05) is 37.3 Å². The summed E-state index contributed by atoms with van der Waals surface area (Å²) in [6, 6.07) is 9.97. The lowest BCUT2D eigenvalue weighted by molar-refractivity contribution is -0.146. The first-order chi connectivity index (χ1) is 8.59. The molecule has 2 rings (SSSR count). The van der Waals surface area contributed by atoms with Crippen LogP contribution in [0.25, 0.3) is 0 Å². The maximum atomic E-state index is 11.4. The molecular formula is C15H21NO2. The molecule has 1 N–H and O–H groups in total. The Morgan fingerprint density at radius 2 is 2.06 bits per heavy atom. The molecule has 1 aromatic carbocycles. The lowest BCUT2D eigenvalue weighted by atomic mass is 9.90.